The number of urea groups is 1. The minimum absolute atomic E-state index is 0.0255. The Labute approximate surface area is 131 Å². The molecule has 1 aliphatic carbocycles. The van der Waals surface area contributed by atoms with Crippen molar-refractivity contribution in [3.8, 4) is 12.3 Å². The minimum Gasteiger partial charge on any atom is -0.344 e. The molecule has 1 aliphatic heterocycles. The van der Waals surface area contributed by atoms with Crippen LogP contribution < -0.4 is 10.6 Å². The van der Waals surface area contributed by atoms with Gasteiger partial charge in [0.25, 0.3) is 5.91 Å². The fraction of sp³-hybridized carbons (Fsp3) is 0.688. The third kappa shape index (κ3) is 3.08. The SMILES string of the molecule is C#CCNC(=O)CN1C(=O)NC2(CC(C)CC(C)(C)C2)C1=O. The molecule has 6 heteroatoms. The van der Waals surface area contributed by atoms with E-state index in [4.69, 9.17) is 6.42 Å². The average Bonchev–Trinajstić information content (AvgIpc) is 2.58. The predicted octanol–water partition coefficient (Wildman–Crippen LogP) is 0.873. The first-order chi connectivity index (χ1) is 10.2. The standard InChI is InChI=1S/C16H23N3O3/c1-5-6-17-12(20)9-19-13(21)16(18-14(19)22)8-11(2)7-15(3,4)10-16/h1,11H,6-10H2,2-4H3,(H,17,20)(H,18,22). The number of imide groups is 1. The zero-order valence-corrected chi connectivity index (χ0v) is 13.4. The first kappa shape index (κ1) is 16.3. The summed E-state index contributed by atoms with van der Waals surface area (Å²) in [7, 11) is 0. The number of nitrogens with one attached hydrogen (secondary N) is 2. The maximum Gasteiger partial charge on any atom is 0.325 e. The van der Waals surface area contributed by atoms with Crippen molar-refractivity contribution in [2.45, 2.75) is 45.6 Å². The molecule has 120 valence electrons. The van der Waals surface area contributed by atoms with E-state index in [9.17, 15) is 14.4 Å². The van der Waals surface area contributed by atoms with E-state index in [2.05, 4.69) is 37.3 Å². The van der Waals surface area contributed by atoms with Gasteiger partial charge in [-0.1, -0.05) is 26.7 Å². The highest BCUT2D eigenvalue weighted by Crippen LogP contribution is 2.46. The molecule has 2 N–H and O–H groups in total. The fourth-order valence-corrected chi connectivity index (χ4v) is 4.00. The van der Waals surface area contributed by atoms with E-state index in [-0.39, 0.29) is 24.4 Å². The molecular weight excluding hydrogens is 282 g/mol. The summed E-state index contributed by atoms with van der Waals surface area (Å²) in [5.74, 6) is 1.89. The van der Waals surface area contributed by atoms with Gasteiger partial charge in [0, 0.05) is 0 Å². The summed E-state index contributed by atoms with van der Waals surface area (Å²) >= 11 is 0. The van der Waals surface area contributed by atoms with Crippen molar-refractivity contribution in [3.63, 3.8) is 0 Å². The summed E-state index contributed by atoms with van der Waals surface area (Å²) in [6.07, 6.45) is 7.30. The fourth-order valence-electron chi connectivity index (χ4n) is 4.00. The summed E-state index contributed by atoms with van der Waals surface area (Å²) in [6, 6.07) is -0.495. The van der Waals surface area contributed by atoms with E-state index in [0.717, 1.165) is 11.3 Å². The molecule has 2 atom stereocenters. The van der Waals surface area contributed by atoms with Crippen LogP contribution in [0.5, 0.6) is 0 Å². The van der Waals surface area contributed by atoms with Gasteiger partial charge in [-0.05, 0) is 30.6 Å². The lowest BCUT2D eigenvalue weighted by molar-refractivity contribution is -0.137. The van der Waals surface area contributed by atoms with Crippen molar-refractivity contribution < 1.29 is 14.4 Å². The van der Waals surface area contributed by atoms with Gasteiger partial charge < -0.3 is 10.6 Å². The van der Waals surface area contributed by atoms with Gasteiger partial charge in [0.2, 0.25) is 5.91 Å². The Balaban J connectivity index is 2.14. The molecule has 1 saturated heterocycles. The molecule has 2 unspecified atom stereocenters. The number of terminal acetylenes is 1. The lowest BCUT2D eigenvalue weighted by Crippen LogP contribution is -2.54. The molecule has 1 heterocycles. The van der Waals surface area contributed by atoms with Crippen LogP contribution in [-0.2, 0) is 9.59 Å². The van der Waals surface area contributed by atoms with Gasteiger partial charge in [0.1, 0.15) is 12.1 Å². The highest BCUT2D eigenvalue weighted by atomic mass is 16.2. The summed E-state index contributed by atoms with van der Waals surface area (Å²) in [6.45, 7) is 6.09. The van der Waals surface area contributed by atoms with Crippen LogP contribution in [0.25, 0.3) is 0 Å². The molecule has 2 fully saturated rings. The second-order valence-corrected chi connectivity index (χ2v) is 7.24. The summed E-state index contributed by atoms with van der Waals surface area (Å²) in [5, 5.41) is 5.30. The molecule has 1 saturated carbocycles. The van der Waals surface area contributed by atoms with Crippen molar-refractivity contribution >= 4 is 17.8 Å². The largest absolute Gasteiger partial charge is 0.344 e. The van der Waals surface area contributed by atoms with Crippen LogP contribution in [0.15, 0.2) is 0 Å². The lowest BCUT2D eigenvalue weighted by atomic mass is 9.64. The topological polar surface area (TPSA) is 78.5 Å². The molecule has 0 radical (unpaired) electrons. The molecule has 1 spiro atoms. The molecule has 0 aromatic heterocycles. The van der Waals surface area contributed by atoms with E-state index >= 15 is 0 Å². The van der Waals surface area contributed by atoms with Crippen molar-refractivity contribution in [3.05, 3.63) is 0 Å². The highest BCUT2D eigenvalue weighted by Gasteiger charge is 2.56. The zero-order valence-electron chi connectivity index (χ0n) is 13.4. The molecule has 2 rings (SSSR count). The quantitative estimate of drug-likeness (QED) is 0.600. The van der Waals surface area contributed by atoms with Crippen LogP contribution in [0.2, 0.25) is 0 Å². The number of rotatable bonds is 3. The van der Waals surface area contributed by atoms with Crippen LogP contribution in [0.1, 0.15) is 40.0 Å². The highest BCUT2D eigenvalue weighted by molar-refractivity contribution is 6.09. The third-order valence-corrected chi connectivity index (χ3v) is 4.31. The van der Waals surface area contributed by atoms with Gasteiger partial charge in [0.15, 0.2) is 0 Å². The van der Waals surface area contributed by atoms with E-state index in [1.54, 1.807) is 0 Å². The first-order valence-electron chi connectivity index (χ1n) is 7.53. The Morgan fingerprint density at radius 1 is 1.45 bits per heavy atom. The molecule has 0 aromatic carbocycles. The van der Waals surface area contributed by atoms with Crippen molar-refractivity contribution in [1.82, 2.24) is 15.5 Å². The molecule has 2 aliphatic rings. The minimum atomic E-state index is -0.870. The summed E-state index contributed by atoms with van der Waals surface area (Å²) in [4.78, 5) is 37.6. The van der Waals surface area contributed by atoms with Crippen LogP contribution in [-0.4, -0.2) is 41.4 Å². The number of hydrogen-bond acceptors (Lipinski definition) is 3. The van der Waals surface area contributed by atoms with Crippen LogP contribution in [0.4, 0.5) is 4.79 Å². The van der Waals surface area contributed by atoms with E-state index in [0.29, 0.717) is 18.8 Å². The van der Waals surface area contributed by atoms with Crippen molar-refractivity contribution in [1.29, 1.82) is 0 Å². The number of nitrogens with zero attached hydrogens (tertiary/aromatic N) is 1. The van der Waals surface area contributed by atoms with Gasteiger partial charge in [-0.15, -0.1) is 6.42 Å². The van der Waals surface area contributed by atoms with Crippen LogP contribution in [0, 0.1) is 23.7 Å². The van der Waals surface area contributed by atoms with E-state index in [1.807, 2.05) is 0 Å². The van der Waals surface area contributed by atoms with Gasteiger partial charge in [0.05, 0.1) is 6.54 Å². The molecule has 4 amide bonds. The van der Waals surface area contributed by atoms with Gasteiger partial charge >= 0.3 is 6.03 Å². The summed E-state index contributed by atoms with van der Waals surface area (Å²) < 4.78 is 0. The Morgan fingerprint density at radius 3 is 2.73 bits per heavy atom. The lowest BCUT2D eigenvalue weighted by Gasteiger charge is -2.43. The Hall–Kier alpha value is -2.03. The maximum absolute atomic E-state index is 12.8. The predicted molar refractivity (Wildman–Crippen MR) is 81.6 cm³/mol. The van der Waals surface area contributed by atoms with Crippen LogP contribution >= 0.6 is 0 Å². The normalized spacial score (nSPS) is 30.1. The maximum atomic E-state index is 12.8. The number of hydrogen-bond donors (Lipinski definition) is 2. The number of amides is 4. The van der Waals surface area contributed by atoms with Crippen molar-refractivity contribution in [2.24, 2.45) is 11.3 Å². The smallest absolute Gasteiger partial charge is 0.325 e. The zero-order chi connectivity index (χ0) is 16.5. The van der Waals surface area contributed by atoms with E-state index < -0.39 is 17.5 Å². The molecule has 6 nitrogen and oxygen atoms in total. The van der Waals surface area contributed by atoms with E-state index in [1.165, 1.54) is 0 Å². The third-order valence-electron chi connectivity index (χ3n) is 4.31. The Morgan fingerprint density at radius 2 is 2.14 bits per heavy atom. The second-order valence-electron chi connectivity index (χ2n) is 7.24. The molecular formula is C16H23N3O3. The Bertz CT molecular complexity index is 549. The van der Waals surface area contributed by atoms with Crippen LogP contribution in [0.3, 0.4) is 0 Å². The van der Waals surface area contributed by atoms with Crippen molar-refractivity contribution in [2.75, 3.05) is 13.1 Å². The monoisotopic (exact) mass is 305 g/mol. The first-order valence-corrected chi connectivity index (χ1v) is 7.53. The van der Waals surface area contributed by atoms with Gasteiger partial charge in [-0.2, -0.15) is 0 Å². The number of carbonyl (C=O) groups is 3. The molecule has 0 aromatic rings. The van der Waals surface area contributed by atoms with Gasteiger partial charge in [-0.3, -0.25) is 14.5 Å². The molecule has 0 bridgehead atoms. The number of carbonyl (C=O) groups excluding carboxylic acids is 3. The average molecular weight is 305 g/mol. The second kappa shape index (κ2) is 5.64. The summed E-state index contributed by atoms with van der Waals surface area (Å²) in [5.41, 5.74) is -0.896. The molecule has 22 heavy (non-hydrogen) atoms. The van der Waals surface area contributed by atoms with Gasteiger partial charge in [-0.25, -0.2) is 4.79 Å². The Kier molecular flexibility index (Phi) is 4.19.